The number of nitrogens with one attached hydrogen (secondary N) is 1. The Morgan fingerprint density at radius 2 is 2.05 bits per heavy atom. The van der Waals surface area contributed by atoms with Crippen molar-refractivity contribution < 1.29 is 8.42 Å². The van der Waals surface area contributed by atoms with E-state index in [1.807, 2.05) is 26.1 Å². The molecule has 1 saturated heterocycles. The second-order valence-electron chi connectivity index (χ2n) is 4.95. The molecule has 20 heavy (non-hydrogen) atoms. The van der Waals surface area contributed by atoms with Crippen LogP contribution in [-0.4, -0.2) is 38.9 Å². The summed E-state index contributed by atoms with van der Waals surface area (Å²) in [6, 6.07) is 7.57. The van der Waals surface area contributed by atoms with Crippen molar-refractivity contribution in [3.05, 3.63) is 29.8 Å². The van der Waals surface area contributed by atoms with Gasteiger partial charge in [-0.2, -0.15) is 4.31 Å². The summed E-state index contributed by atoms with van der Waals surface area (Å²) in [7, 11) is -1.46. The molecule has 0 aliphatic carbocycles. The van der Waals surface area contributed by atoms with E-state index in [-0.39, 0.29) is 18.4 Å². The summed E-state index contributed by atoms with van der Waals surface area (Å²) < 4.78 is 27.1. The molecule has 6 heteroatoms. The molecule has 1 aromatic carbocycles. The summed E-state index contributed by atoms with van der Waals surface area (Å²) in [5.41, 5.74) is 0.897. The smallest absolute Gasteiger partial charge is 0.243 e. The van der Waals surface area contributed by atoms with Crippen LogP contribution >= 0.6 is 12.4 Å². The topological polar surface area (TPSA) is 49.4 Å². The molecule has 1 atom stereocenters. The fourth-order valence-electron chi connectivity index (χ4n) is 2.58. The van der Waals surface area contributed by atoms with Crippen molar-refractivity contribution in [1.82, 2.24) is 9.62 Å². The highest BCUT2D eigenvalue weighted by Crippen LogP contribution is 2.23. The Balaban J connectivity index is 0.00000200. The molecule has 0 bridgehead atoms. The number of hydrogen-bond donors (Lipinski definition) is 1. The van der Waals surface area contributed by atoms with Crippen LogP contribution in [0.1, 0.15) is 25.3 Å². The molecule has 1 fully saturated rings. The fraction of sp³-hybridized carbons (Fsp3) is 0.571. The third-order valence-corrected chi connectivity index (χ3v) is 5.73. The molecule has 114 valence electrons. The van der Waals surface area contributed by atoms with Gasteiger partial charge in [-0.15, -0.1) is 12.4 Å². The van der Waals surface area contributed by atoms with Crippen LogP contribution in [0.15, 0.2) is 29.2 Å². The molecular formula is C14H23ClN2O2S. The van der Waals surface area contributed by atoms with E-state index in [9.17, 15) is 8.42 Å². The molecule has 0 saturated carbocycles. The molecule has 1 N–H and O–H groups in total. The number of likely N-dealkylation sites (N-methyl/N-ethyl adjacent to an activating group) is 1. The van der Waals surface area contributed by atoms with Gasteiger partial charge < -0.3 is 5.32 Å². The minimum atomic E-state index is -3.35. The van der Waals surface area contributed by atoms with Gasteiger partial charge in [-0.1, -0.05) is 25.1 Å². The van der Waals surface area contributed by atoms with Gasteiger partial charge in [0.1, 0.15) is 0 Å². The molecule has 0 radical (unpaired) electrons. The van der Waals surface area contributed by atoms with Crippen molar-refractivity contribution >= 4 is 22.4 Å². The molecular weight excluding hydrogens is 296 g/mol. The minimum absolute atomic E-state index is 0. The maximum atomic E-state index is 12.7. The van der Waals surface area contributed by atoms with Crippen molar-refractivity contribution in [1.29, 1.82) is 0 Å². The van der Waals surface area contributed by atoms with Gasteiger partial charge in [0.2, 0.25) is 10.0 Å². The van der Waals surface area contributed by atoms with Crippen LogP contribution in [0.3, 0.4) is 0 Å². The predicted molar refractivity (Wildman–Crippen MR) is 83.9 cm³/mol. The average molecular weight is 319 g/mol. The largest absolute Gasteiger partial charge is 0.316 e. The quantitative estimate of drug-likeness (QED) is 0.924. The van der Waals surface area contributed by atoms with Gasteiger partial charge in [-0.25, -0.2) is 8.42 Å². The highest BCUT2D eigenvalue weighted by Gasteiger charge is 2.30. The standard InChI is InChI=1S/C14H22N2O2S.ClH/c1-3-12-7-4-5-9-14(12)19(17,18)16-10-6-8-13(11-16)15-2;/h4-5,7,9,13,15H,3,6,8,10-11H2,1-2H3;1H. The number of aryl methyl sites for hydroxylation is 1. The maximum Gasteiger partial charge on any atom is 0.243 e. The predicted octanol–water partition coefficient (Wildman–Crippen LogP) is 2.04. The Bertz CT molecular complexity index is 534. The zero-order chi connectivity index (χ0) is 13.9. The number of piperidine rings is 1. The number of sulfonamides is 1. The number of rotatable bonds is 4. The van der Waals surface area contributed by atoms with E-state index < -0.39 is 10.0 Å². The van der Waals surface area contributed by atoms with Crippen LogP contribution in [0, 0.1) is 0 Å². The Kier molecular flexibility index (Phi) is 6.45. The first-order valence-corrected chi connectivity index (χ1v) is 8.29. The van der Waals surface area contributed by atoms with E-state index in [0.29, 0.717) is 18.0 Å². The minimum Gasteiger partial charge on any atom is -0.316 e. The number of benzene rings is 1. The average Bonchev–Trinajstić information content (AvgIpc) is 2.47. The summed E-state index contributed by atoms with van der Waals surface area (Å²) in [4.78, 5) is 0.467. The Morgan fingerprint density at radius 1 is 1.35 bits per heavy atom. The monoisotopic (exact) mass is 318 g/mol. The van der Waals surface area contributed by atoms with Crippen molar-refractivity contribution in [3.63, 3.8) is 0 Å². The number of nitrogens with zero attached hydrogens (tertiary/aromatic N) is 1. The first kappa shape index (κ1) is 17.4. The summed E-state index contributed by atoms with van der Waals surface area (Å²) in [6.07, 6.45) is 2.69. The zero-order valence-corrected chi connectivity index (χ0v) is 13.6. The molecule has 1 heterocycles. The summed E-state index contributed by atoms with van der Waals surface area (Å²) in [5.74, 6) is 0. The van der Waals surface area contributed by atoms with Gasteiger partial charge in [0.25, 0.3) is 0 Å². The van der Waals surface area contributed by atoms with Gasteiger partial charge in [0, 0.05) is 19.1 Å². The van der Waals surface area contributed by atoms with Crippen molar-refractivity contribution in [3.8, 4) is 0 Å². The lowest BCUT2D eigenvalue weighted by molar-refractivity contribution is 0.292. The molecule has 2 rings (SSSR count). The Morgan fingerprint density at radius 3 is 2.70 bits per heavy atom. The molecule has 1 aromatic rings. The molecule has 1 aliphatic heterocycles. The SMILES string of the molecule is CCc1ccccc1S(=O)(=O)N1CCCC(NC)C1.Cl. The summed E-state index contributed by atoms with van der Waals surface area (Å²) in [6.45, 7) is 3.18. The highest BCUT2D eigenvalue weighted by molar-refractivity contribution is 7.89. The molecule has 0 amide bonds. The van der Waals surface area contributed by atoms with Crippen LogP contribution in [0.5, 0.6) is 0 Å². The zero-order valence-electron chi connectivity index (χ0n) is 12.0. The summed E-state index contributed by atoms with van der Waals surface area (Å²) in [5, 5.41) is 3.18. The molecule has 1 aliphatic rings. The molecule has 4 nitrogen and oxygen atoms in total. The van der Waals surface area contributed by atoms with E-state index in [1.54, 1.807) is 16.4 Å². The first-order chi connectivity index (χ1) is 9.09. The van der Waals surface area contributed by atoms with E-state index in [0.717, 1.165) is 24.8 Å². The number of hydrogen-bond acceptors (Lipinski definition) is 3. The third-order valence-electron chi connectivity index (χ3n) is 3.76. The van der Waals surface area contributed by atoms with E-state index in [2.05, 4.69) is 5.32 Å². The fourth-order valence-corrected chi connectivity index (χ4v) is 4.40. The first-order valence-electron chi connectivity index (χ1n) is 6.85. The van der Waals surface area contributed by atoms with Gasteiger partial charge in [0.15, 0.2) is 0 Å². The second kappa shape index (κ2) is 7.41. The number of halogens is 1. The normalized spacial score (nSPS) is 20.4. The Hall–Kier alpha value is -0.620. The van der Waals surface area contributed by atoms with Crippen molar-refractivity contribution in [2.45, 2.75) is 37.1 Å². The van der Waals surface area contributed by atoms with Crippen LogP contribution in [0.25, 0.3) is 0 Å². The lowest BCUT2D eigenvalue weighted by atomic mass is 10.1. The highest BCUT2D eigenvalue weighted by atomic mass is 35.5. The lowest BCUT2D eigenvalue weighted by Gasteiger charge is -2.32. The van der Waals surface area contributed by atoms with E-state index in [4.69, 9.17) is 0 Å². The lowest BCUT2D eigenvalue weighted by Crippen LogP contribution is -2.47. The van der Waals surface area contributed by atoms with Crippen molar-refractivity contribution in [2.75, 3.05) is 20.1 Å². The van der Waals surface area contributed by atoms with Crippen LogP contribution < -0.4 is 5.32 Å². The van der Waals surface area contributed by atoms with E-state index in [1.165, 1.54) is 0 Å². The third kappa shape index (κ3) is 3.52. The van der Waals surface area contributed by atoms with Gasteiger partial charge in [0.05, 0.1) is 4.90 Å². The van der Waals surface area contributed by atoms with Crippen molar-refractivity contribution in [2.24, 2.45) is 0 Å². The van der Waals surface area contributed by atoms with Crippen LogP contribution in [-0.2, 0) is 16.4 Å². The Labute approximate surface area is 128 Å². The molecule has 1 unspecified atom stereocenters. The van der Waals surface area contributed by atoms with Gasteiger partial charge in [-0.05, 0) is 37.9 Å². The maximum absolute atomic E-state index is 12.7. The van der Waals surface area contributed by atoms with Crippen LogP contribution in [0.2, 0.25) is 0 Å². The van der Waals surface area contributed by atoms with Crippen LogP contribution in [0.4, 0.5) is 0 Å². The van der Waals surface area contributed by atoms with E-state index >= 15 is 0 Å². The second-order valence-corrected chi connectivity index (χ2v) is 6.86. The molecule has 0 aromatic heterocycles. The van der Waals surface area contributed by atoms with Gasteiger partial charge >= 0.3 is 0 Å². The summed E-state index contributed by atoms with van der Waals surface area (Å²) >= 11 is 0. The molecule has 0 spiro atoms. The van der Waals surface area contributed by atoms with Gasteiger partial charge in [-0.3, -0.25) is 0 Å².